The molecule has 2 N–H and O–H groups in total. The van der Waals surface area contributed by atoms with E-state index in [-0.39, 0.29) is 12.3 Å². The van der Waals surface area contributed by atoms with Crippen molar-refractivity contribution >= 4 is 23.2 Å². The summed E-state index contributed by atoms with van der Waals surface area (Å²) in [5.74, 6) is -0.790. The maximum Gasteiger partial charge on any atom is 0.303 e. The Morgan fingerprint density at radius 1 is 1.14 bits per heavy atom. The van der Waals surface area contributed by atoms with E-state index in [1.165, 1.54) is 36.1 Å². The molecule has 0 spiro atoms. The van der Waals surface area contributed by atoms with Crippen LogP contribution in [0.25, 0.3) is 0 Å². The third-order valence-corrected chi connectivity index (χ3v) is 5.06. The summed E-state index contributed by atoms with van der Waals surface area (Å²) in [7, 11) is 0. The maximum absolute atomic E-state index is 12.1. The van der Waals surface area contributed by atoms with Crippen molar-refractivity contribution in [1.29, 1.82) is 0 Å². The zero-order valence-electron chi connectivity index (χ0n) is 12.3. The smallest absolute Gasteiger partial charge is 0.303 e. The van der Waals surface area contributed by atoms with Crippen LogP contribution in [0, 0.1) is 0 Å². The van der Waals surface area contributed by atoms with Gasteiger partial charge in [0.25, 0.3) is 5.91 Å². The first-order valence-corrected chi connectivity index (χ1v) is 8.60. The van der Waals surface area contributed by atoms with E-state index in [1.807, 2.05) is 0 Å². The van der Waals surface area contributed by atoms with Crippen LogP contribution in [0.1, 0.15) is 65.1 Å². The van der Waals surface area contributed by atoms with Crippen LogP contribution in [0.2, 0.25) is 0 Å². The van der Waals surface area contributed by atoms with Gasteiger partial charge in [-0.3, -0.25) is 9.59 Å². The van der Waals surface area contributed by atoms with Crippen LogP contribution < -0.4 is 5.32 Å². The highest BCUT2D eigenvalue weighted by molar-refractivity contribution is 7.14. The molecule has 1 amide bonds. The van der Waals surface area contributed by atoms with Gasteiger partial charge in [0.1, 0.15) is 0 Å². The standard InChI is InChI=1S/C16H23NO3S/c18-15(19)9-5-6-10-17-16(20)14-11-12-7-3-1-2-4-8-13(12)21-14/h11H,1-10H2,(H,17,20)(H,18,19). The van der Waals surface area contributed by atoms with Crippen LogP contribution in [-0.2, 0) is 17.6 Å². The normalized spacial score (nSPS) is 14.9. The van der Waals surface area contributed by atoms with Crippen LogP contribution >= 0.6 is 11.3 Å². The lowest BCUT2D eigenvalue weighted by molar-refractivity contribution is -0.137. The number of aliphatic carboxylic acids is 1. The average molecular weight is 309 g/mol. The van der Waals surface area contributed by atoms with Gasteiger partial charge in [-0.25, -0.2) is 0 Å². The number of unbranched alkanes of at least 4 members (excludes halogenated alkanes) is 1. The molecule has 2 rings (SSSR count). The van der Waals surface area contributed by atoms with Gasteiger partial charge in [-0.15, -0.1) is 11.3 Å². The van der Waals surface area contributed by atoms with E-state index in [1.54, 1.807) is 11.3 Å². The topological polar surface area (TPSA) is 66.4 Å². The third kappa shape index (κ3) is 5.16. The maximum atomic E-state index is 12.1. The quantitative estimate of drug-likeness (QED) is 0.792. The summed E-state index contributed by atoms with van der Waals surface area (Å²) in [6.45, 7) is 0.550. The number of carbonyl (C=O) groups is 2. The van der Waals surface area contributed by atoms with Gasteiger partial charge in [-0.1, -0.05) is 12.8 Å². The van der Waals surface area contributed by atoms with Crippen molar-refractivity contribution in [2.75, 3.05) is 6.54 Å². The van der Waals surface area contributed by atoms with Crippen molar-refractivity contribution in [3.8, 4) is 0 Å². The Bertz CT molecular complexity index is 470. The van der Waals surface area contributed by atoms with Crippen molar-refractivity contribution in [2.24, 2.45) is 0 Å². The van der Waals surface area contributed by atoms with Gasteiger partial charge in [0, 0.05) is 17.8 Å². The Balaban J connectivity index is 1.82. The lowest BCUT2D eigenvalue weighted by Gasteiger charge is -2.07. The number of carboxylic acids is 1. The molecule has 0 bridgehead atoms. The van der Waals surface area contributed by atoms with Crippen molar-refractivity contribution < 1.29 is 14.7 Å². The minimum atomic E-state index is -0.778. The first kappa shape index (κ1) is 16.0. The van der Waals surface area contributed by atoms with E-state index in [0.29, 0.717) is 19.4 Å². The van der Waals surface area contributed by atoms with E-state index in [0.717, 1.165) is 17.7 Å². The minimum Gasteiger partial charge on any atom is -0.481 e. The van der Waals surface area contributed by atoms with Gasteiger partial charge in [0.15, 0.2) is 0 Å². The van der Waals surface area contributed by atoms with Crippen LogP contribution in [0.4, 0.5) is 0 Å². The van der Waals surface area contributed by atoms with E-state index < -0.39 is 5.97 Å². The van der Waals surface area contributed by atoms with Crippen LogP contribution in [0.15, 0.2) is 6.07 Å². The molecule has 21 heavy (non-hydrogen) atoms. The summed E-state index contributed by atoms with van der Waals surface area (Å²) in [5.41, 5.74) is 1.36. The largest absolute Gasteiger partial charge is 0.481 e. The summed E-state index contributed by atoms with van der Waals surface area (Å²) in [6, 6.07) is 2.05. The molecule has 1 aliphatic carbocycles. The Morgan fingerprint density at radius 3 is 2.67 bits per heavy atom. The fourth-order valence-corrected chi connectivity index (χ4v) is 3.82. The van der Waals surface area contributed by atoms with E-state index in [2.05, 4.69) is 11.4 Å². The molecule has 0 saturated heterocycles. The van der Waals surface area contributed by atoms with Gasteiger partial charge >= 0.3 is 5.97 Å². The molecular formula is C16H23NO3S. The molecular weight excluding hydrogens is 286 g/mol. The predicted octanol–water partition coefficient (Wildman–Crippen LogP) is 3.39. The lowest BCUT2D eigenvalue weighted by atomic mass is 10.00. The van der Waals surface area contributed by atoms with E-state index >= 15 is 0 Å². The molecule has 1 heterocycles. The highest BCUT2D eigenvalue weighted by Gasteiger charge is 2.15. The molecule has 0 saturated carbocycles. The zero-order valence-corrected chi connectivity index (χ0v) is 13.1. The van der Waals surface area contributed by atoms with Crippen molar-refractivity contribution in [2.45, 2.75) is 57.8 Å². The molecule has 0 atom stereocenters. The van der Waals surface area contributed by atoms with Crippen molar-refractivity contribution in [1.82, 2.24) is 5.32 Å². The number of hydrogen-bond acceptors (Lipinski definition) is 3. The first-order chi connectivity index (χ1) is 10.2. The number of fused-ring (bicyclic) bond motifs is 1. The number of hydrogen-bond donors (Lipinski definition) is 2. The second-order valence-corrected chi connectivity index (χ2v) is 6.72. The molecule has 1 aliphatic rings. The Hall–Kier alpha value is -1.36. The highest BCUT2D eigenvalue weighted by Crippen LogP contribution is 2.28. The summed E-state index contributed by atoms with van der Waals surface area (Å²) in [4.78, 5) is 24.7. The molecule has 0 aromatic carbocycles. The van der Waals surface area contributed by atoms with Gasteiger partial charge < -0.3 is 10.4 Å². The van der Waals surface area contributed by atoms with Gasteiger partial charge in [0.05, 0.1) is 4.88 Å². The Labute approximate surface area is 129 Å². The van der Waals surface area contributed by atoms with E-state index in [9.17, 15) is 9.59 Å². The number of rotatable bonds is 6. The zero-order chi connectivity index (χ0) is 15.1. The van der Waals surface area contributed by atoms with Gasteiger partial charge in [-0.05, 0) is 50.2 Å². The average Bonchev–Trinajstić information content (AvgIpc) is 2.80. The van der Waals surface area contributed by atoms with Gasteiger partial charge in [-0.2, -0.15) is 0 Å². The summed E-state index contributed by atoms with van der Waals surface area (Å²) in [5, 5.41) is 11.4. The second-order valence-electron chi connectivity index (χ2n) is 5.58. The Kier molecular flexibility index (Phi) is 6.23. The lowest BCUT2D eigenvalue weighted by Crippen LogP contribution is -2.23. The number of carbonyl (C=O) groups excluding carboxylic acids is 1. The molecule has 1 aromatic heterocycles. The van der Waals surface area contributed by atoms with Crippen LogP contribution in [-0.4, -0.2) is 23.5 Å². The first-order valence-electron chi connectivity index (χ1n) is 7.78. The molecule has 0 fully saturated rings. The van der Waals surface area contributed by atoms with Crippen LogP contribution in [0.5, 0.6) is 0 Å². The Morgan fingerprint density at radius 2 is 1.90 bits per heavy atom. The molecule has 1 aromatic rings. The molecule has 116 valence electrons. The number of aryl methyl sites for hydroxylation is 2. The summed E-state index contributed by atoms with van der Waals surface area (Å²) in [6.07, 6.45) is 8.72. The van der Waals surface area contributed by atoms with Crippen LogP contribution in [0.3, 0.4) is 0 Å². The molecule has 0 radical (unpaired) electrons. The SMILES string of the molecule is O=C(O)CCCCNC(=O)c1cc2c(s1)CCCCCC2. The van der Waals surface area contributed by atoms with E-state index in [4.69, 9.17) is 5.11 Å². The fourth-order valence-electron chi connectivity index (χ4n) is 2.65. The van der Waals surface area contributed by atoms with Gasteiger partial charge in [0.2, 0.25) is 0 Å². The summed E-state index contributed by atoms with van der Waals surface area (Å²) < 4.78 is 0. The monoisotopic (exact) mass is 309 g/mol. The summed E-state index contributed by atoms with van der Waals surface area (Å²) >= 11 is 1.63. The second kappa shape index (κ2) is 8.17. The predicted molar refractivity (Wildman–Crippen MR) is 84.0 cm³/mol. The number of amides is 1. The van der Waals surface area contributed by atoms with Crippen molar-refractivity contribution in [3.63, 3.8) is 0 Å². The molecule has 0 aliphatic heterocycles. The number of nitrogens with one attached hydrogen (secondary N) is 1. The molecule has 0 unspecified atom stereocenters. The molecule has 4 nitrogen and oxygen atoms in total. The third-order valence-electron chi connectivity index (χ3n) is 3.82. The molecule has 5 heteroatoms. The van der Waals surface area contributed by atoms with Crippen molar-refractivity contribution in [3.05, 3.63) is 21.4 Å². The number of thiophene rings is 1. The highest BCUT2D eigenvalue weighted by atomic mass is 32.1. The fraction of sp³-hybridized carbons (Fsp3) is 0.625. The number of carboxylic acid groups (broad SMARTS) is 1. The minimum absolute atomic E-state index is 0.0120.